The van der Waals surface area contributed by atoms with Crippen molar-refractivity contribution in [2.45, 2.75) is 19.3 Å². The summed E-state index contributed by atoms with van der Waals surface area (Å²) in [7, 11) is 0. The predicted molar refractivity (Wildman–Crippen MR) is 85.7 cm³/mol. The molecule has 1 unspecified atom stereocenters. The molecule has 2 aromatic heterocycles. The Balaban J connectivity index is 1.70. The summed E-state index contributed by atoms with van der Waals surface area (Å²) in [5, 5.41) is 2.68. The van der Waals surface area contributed by atoms with Crippen molar-refractivity contribution in [2.75, 3.05) is 0 Å². The van der Waals surface area contributed by atoms with Crippen molar-refractivity contribution in [1.82, 2.24) is 20.3 Å². The summed E-state index contributed by atoms with van der Waals surface area (Å²) in [5.74, 6) is -1.07. The monoisotopic (exact) mass is 366 g/mol. The molecule has 7 nitrogen and oxygen atoms in total. The number of nitrogens with one attached hydrogen (secondary N) is 3. The van der Waals surface area contributed by atoms with Gasteiger partial charge in [-0.1, -0.05) is 6.07 Å². The molecule has 1 atom stereocenters. The Bertz CT molecular complexity index is 992. The lowest BCUT2D eigenvalue weighted by Gasteiger charge is -2.14. The minimum absolute atomic E-state index is 0.0532. The molecule has 26 heavy (non-hydrogen) atoms. The Morgan fingerprint density at radius 3 is 2.58 bits per heavy atom. The third-order valence-corrected chi connectivity index (χ3v) is 3.59. The van der Waals surface area contributed by atoms with E-state index in [9.17, 15) is 22.8 Å². The first-order valence-electron chi connectivity index (χ1n) is 7.46. The maximum atomic E-state index is 12.2. The number of hydrogen-bond donors (Lipinski definition) is 3. The fraction of sp³-hybridized carbons (Fsp3) is 0.188. The van der Waals surface area contributed by atoms with Gasteiger partial charge in [-0.2, -0.15) is 0 Å². The second-order valence-corrected chi connectivity index (χ2v) is 5.51. The summed E-state index contributed by atoms with van der Waals surface area (Å²) in [6.45, 7) is 1.73. The third-order valence-electron chi connectivity index (χ3n) is 3.59. The summed E-state index contributed by atoms with van der Waals surface area (Å²) in [5.41, 5.74) is 1.58. The number of imidazole rings is 1. The number of H-pyrrole nitrogens is 2. The summed E-state index contributed by atoms with van der Waals surface area (Å²) < 4.78 is 40.1. The quantitative estimate of drug-likeness (QED) is 0.661. The van der Waals surface area contributed by atoms with Crippen LogP contribution in [0.4, 0.5) is 13.2 Å². The zero-order chi connectivity index (χ0) is 18.9. The molecule has 2 heterocycles. The summed E-state index contributed by atoms with van der Waals surface area (Å²) in [6, 6.07) is 6.88. The van der Waals surface area contributed by atoms with E-state index in [2.05, 4.69) is 25.0 Å². The number of halogens is 3. The highest BCUT2D eigenvalue weighted by molar-refractivity contribution is 5.92. The molecule has 1 aromatic carbocycles. The fourth-order valence-corrected chi connectivity index (χ4v) is 2.38. The van der Waals surface area contributed by atoms with Crippen molar-refractivity contribution in [1.29, 1.82) is 0 Å². The van der Waals surface area contributed by atoms with Crippen molar-refractivity contribution >= 4 is 16.9 Å². The van der Waals surface area contributed by atoms with E-state index in [-0.39, 0.29) is 11.4 Å². The smallest absolute Gasteiger partial charge is 0.404 e. The highest BCUT2D eigenvalue weighted by atomic mass is 19.4. The van der Waals surface area contributed by atoms with Gasteiger partial charge in [-0.15, -0.1) is 13.2 Å². The van der Waals surface area contributed by atoms with Gasteiger partial charge in [0.2, 0.25) is 0 Å². The van der Waals surface area contributed by atoms with Gasteiger partial charge in [-0.05, 0) is 36.8 Å². The van der Waals surface area contributed by atoms with Gasteiger partial charge in [0, 0.05) is 0 Å². The normalized spacial score (nSPS) is 12.8. The van der Waals surface area contributed by atoms with Gasteiger partial charge in [-0.3, -0.25) is 4.79 Å². The number of aromatic amines is 2. The molecule has 0 spiro atoms. The van der Waals surface area contributed by atoms with Gasteiger partial charge < -0.3 is 20.0 Å². The predicted octanol–water partition coefficient (Wildman–Crippen LogP) is 2.64. The molecule has 0 fully saturated rings. The van der Waals surface area contributed by atoms with Gasteiger partial charge in [0.15, 0.2) is 0 Å². The number of carbonyl (C=O) groups excluding carboxylic acids is 1. The highest BCUT2D eigenvalue weighted by Gasteiger charge is 2.31. The molecule has 3 rings (SSSR count). The van der Waals surface area contributed by atoms with Gasteiger partial charge in [0.1, 0.15) is 11.4 Å². The van der Waals surface area contributed by atoms with Crippen LogP contribution in [0.2, 0.25) is 0 Å². The summed E-state index contributed by atoms with van der Waals surface area (Å²) in [4.78, 5) is 32.4. The van der Waals surface area contributed by atoms with Crippen LogP contribution in [0.3, 0.4) is 0 Å². The standard InChI is InChI=1S/C16H13F3N4O3/c1-8(9-2-4-11-13(6-9)23-15(25)22-11)21-14(24)12-5-3-10(7-20-12)26-16(17,18)19/h2-8H,1H3,(H,21,24)(H2,22,23,25). The highest BCUT2D eigenvalue weighted by Crippen LogP contribution is 2.22. The first-order valence-corrected chi connectivity index (χ1v) is 7.46. The number of nitrogens with zero attached hydrogens (tertiary/aromatic N) is 1. The molecule has 0 aliphatic heterocycles. The average molecular weight is 366 g/mol. The number of alkyl halides is 3. The van der Waals surface area contributed by atoms with Crippen LogP contribution in [0, 0.1) is 0 Å². The minimum Gasteiger partial charge on any atom is -0.404 e. The molecule has 0 aliphatic carbocycles. The van der Waals surface area contributed by atoms with E-state index >= 15 is 0 Å². The van der Waals surface area contributed by atoms with Crippen LogP contribution >= 0.6 is 0 Å². The first kappa shape index (κ1) is 17.5. The zero-order valence-electron chi connectivity index (χ0n) is 13.3. The Morgan fingerprint density at radius 1 is 1.19 bits per heavy atom. The number of ether oxygens (including phenoxy) is 1. The fourth-order valence-electron chi connectivity index (χ4n) is 2.38. The molecular weight excluding hydrogens is 353 g/mol. The Morgan fingerprint density at radius 2 is 1.92 bits per heavy atom. The second kappa shape index (κ2) is 6.54. The van der Waals surface area contributed by atoms with E-state index in [1.165, 1.54) is 0 Å². The first-order chi connectivity index (χ1) is 12.2. The van der Waals surface area contributed by atoms with E-state index in [4.69, 9.17) is 0 Å². The molecule has 0 saturated carbocycles. The van der Waals surface area contributed by atoms with Crippen LogP contribution in [0.5, 0.6) is 5.75 Å². The molecule has 0 bridgehead atoms. The van der Waals surface area contributed by atoms with E-state index in [1.54, 1.807) is 25.1 Å². The van der Waals surface area contributed by atoms with Crippen molar-refractivity contribution in [3.05, 3.63) is 58.3 Å². The van der Waals surface area contributed by atoms with Crippen LogP contribution in [0.15, 0.2) is 41.3 Å². The van der Waals surface area contributed by atoms with Gasteiger partial charge in [0.25, 0.3) is 5.91 Å². The molecule has 0 aliphatic rings. The molecule has 0 saturated heterocycles. The summed E-state index contributed by atoms with van der Waals surface area (Å²) >= 11 is 0. The molecular formula is C16H13F3N4O3. The zero-order valence-corrected chi connectivity index (χ0v) is 13.3. The second-order valence-electron chi connectivity index (χ2n) is 5.51. The number of rotatable bonds is 4. The molecule has 10 heteroatoms. The largest absolute Gasteiger partial charge is 0.573 e. The van der Waals surface area contributed by atoms with Crippen molar-refractivity contribution in [3.8, 4) is 5.75 Å². The Hall–Kier alpha value is -3.30. The van der Waals surface area contributed by atoms with Crippen LogP contribution in [-0.4, -0.2) is 27.2 Å². The Labute approximate surface area is 144 Å². The lowest BCUT2D eigenvalue weighted by Crippen LogP contribution is -2.27. The number of hydrogen-bond acceptors (Lipinski definition) is 4. The lowest BCUT2D eigenvalue weighted by atomic mass is 10.1. The van der Waals surface area contributed by atoms with E-state index in [0.29, 0.717) is 11.0 Å². The van der Waals surface area contributed by atoms with Crippen molar-refractivity contribution in [3.63, 3.8) is 0 Å². The van der Waals surface area contributed by atoms with Gasteiger partial charge in [-0.25, -0.2) is 9.78 Å². The number of aromatic nitrogens is 3. The van der Waals surface area contributed by atoms with Crippen LogP contribution in [-0.2, 0) is 0 Å². The number of carbonyl (C=O) groups is 1. The van der Waals surface area contributed by atoms with Crippen molar-refractivity contribution in [2.24, 2.45) is 0 Å². The number of fused-ring (bicyclic) bond motifs is 1. The van der Waals surface area contributed by atoms with Gasteiger partial charge in [0.05, 0.1) is 23.3 Å². The SMILES string of the molecule is CC(NC(=O)c1ccc(OC(F)(F)F)cn1)c1ccc2[nH]c(=O)[nH]c2c1. The number of amides is 1. The van der Waals surface area contributed by atoms with E-state index in [1.807, 2.05) is 0 Å². The lowest BCUT2D eigenvalue weighted by molar-refractivity contribution is -0.274. The number of benzene rings is 1. The third kappa shape index (κ3) is 4.02. The number of pyridine rings is 1. The maximum Gasteiger partial charge on any atom is 0.573 e. The molecule has 0 radical (unpaired) electrons. The van der Waals surface area contributed by atoms with Crippen LogP contribution in [0.25, 0.3) is 11.0 Å². The summed E-state index contributed by atoms with van der Waals surface area (Å²) in [6.07, 6.45) is -4.00. The molecule has 3 N–H and O–H groups in total. The molecule has 3 aromatic rings. The van der Waals surface area contributed by atoms with E-state index < -0.39 is 24.1 Å². The maximum absolute atomic E-state index is 12.2. The Kier molecular flexibility index (Phi) is 4.41. The average Bonchev–Trinajstić information content (AvgIpc) is 2.93. The topological polar surface area (TPSA) is 99.9 Å². The van der Waals surface area contributed by atoms with Crippen molar-refractivity contribution < 1.29 is 22.7 Å². The minimum atomic E-state index is -4.82. The van der Waals surface area contributed by atoms with E-state index in [0.717, 1.165) is 23.9 Å². The van der Waals surface area contributed by atoms with Gasteiger partial charge >= 0.3 is 12.1 Å². The molecule has 136 valence electrons. The molecule has 1 amide bonds. The van der Waals surface area contributed by atoms with Crippen LogP contribution in [0.1, 0.15) is 29.0 Å². The van der Waals surface area contributed by atoms with Crippen LogP contribution < -0.4 is 15.7 Å².